The summed E-state index contributed by atoms with van der Waals surface area (Å²) >= 11 is 0. The Morgan fingerprint density at radius 2 is 1.70 bits per heavy atom. The molecule has 11 heteroatoms. The van der Waals surface area contributed by atoms with Crippen molar-refractivity contribution in [3.8, 4) is 0 Å². The number of carboxylic acids is 2. The first-order valence-corrected chi connectivity index (χ1v) is 8.45. The van der Waals surface area contributed by atoms with E-state index < -0.39 is 42.0 Å². The summed E-state index contributed by atoms with van der Waals surface area (Å²) in [6.07, 6.45) is -5.18. The van der Waals surface area contributed by atoms with Crippen LogP contribution in [0.5, 0.6) is 0 Å². The first-order valence-electron chi connectivity index (χ1n) is 8.45. The summed E-state index contributed by atoms with van der Waals surface area (Å²) in [5, 5.41) is 20.1. The van der Waals surface area contributed by atoms with Crippen LogP contribution in [0.15, 0.2) is 48.5 Å². The quantitative estimate of drug-likeness (QED) is 0.455. The van der Waals surface area contributed by atoms with Crippen molar-refractivity contribution < 1.29 is 42.6 Å². The van der Waals surface area contributed by atoms with E-state index >= 15 is 0 Å². The molecule has 2 rings (SSSR count). The number of alkyl halides is 3. The average Bonchev–Trinajstić information content (AvgIpc) is 2.66. The Balaban J connectivity index is 1.95. The van der Waals surface area contributed by atoms with Gasteiger partial charge in [-0.05, 0) is 42.0 Å². The molecule has 160 valence electrons. The number of hydrogen-bond acceptors (Lipinski definition) is 5. The van der Waals surface area contributed by atoms with Gasteiger partial charge in [-0.25, -0.2) is 0 Å². The zero-order valence-electron chi connectivity index (χ0n) is 15.3. The lowest BCUT2D eigenvalue weighted by atomic mass is 10.1. The second kappa shape index (κ2) is 9.85. The van der Waals surface area contributed by atoms with Crippen LogP contribution in [0.25, 0.3) is 0 Å². The molecule has 4 N–H and O–H groups in total. The highest BCUT2D eigenvalue weighted by Gasteiger charge is 2.30. The molecule has 0 bridgehead atoms. The normalized spacial score (nSPS) is 12.2. The Hall–Kier alpha value is -3.44. The molecule has 0 saturated carbocycles. The van der Waals surface area contributed by atoms with Crippen molar-refractivity contribution in [2.75, 3.05) is 5.32 Å². The van der Waals surface area contributed by atoms with E-state index in [1.54, 1.807) is 18.2 Å². The Bertz CT molecular complexity index is 915. The molecule has 0 unspecified atom stereocenters. The summed E-state index contributed by atoms with van der Waals surface area (Å²) < 4.78 is 37.8. The monoisotopic (exact) mass is 426 g/mol. The van der Waals surface area contributed by atoms with Gasteiger partial charge in [-0.1, -0.05) is 12.1 Å². The largest absolute Gasteiger partial charge is 0.481 e. The highest BCUT2D eigenvalue weighted by molar-refractivity contribution is 6.04. The molecule has 1 amide bonds. The van der Waals surface area contributed by atoms with Gasteiger partial charge in [-0.15, -0.1) is 0 Å². The van der Waals surface area contributed by atoms with Crippen LogP contribution in [0.1, 0.15) is 27.9 Å². The van der Waals surface area contributed by atoms with Crippen LogP contribution in [0.2, 0.25) is 0 Å². The molecule has 2 aromatic rings. The topological polar surface area (TPSA) is 125 Å². The number of amides is 1. The van der Waals surface area contributed by atoms with Crippen LogP contribution in [-0.4, -0.2) is 34.1 Å². The minimum atomic E-state index is -4.50. The molecular formula is C19H17F3N2O6. The maximum absolute atomic E-state index is 12.6. The number of carboxylic acid groups (broad SMARTS) is 2. The Kier molecular flexibility index (Phi) is 7.50. The fourth-order valence-corrected chi connectivity index (χ4v) is 2.33. The molecule has 0 spiro atoms. The minimum Gasteiger partial charge on any atom is -0.481 e. The van der Waals surface area contributed by atoms with E-state index in [9.17, 15) is 27.6 Å². The molecule has 0 aliphatic rings. The Morgan fingerprint density at radius 1 is 1.03 bits per heavy atom. The molecule has 0 aliphatic heterocycles. The highest BCUT2D eigenvalue weighted by atomic mass is 19.4. The molecule has 0 aliphatic carbocycles. The predicted octanol–water partition coefficient (Wildman–Crippen LogP) is 2.91. The molecule has 1 atom stereocenters. The third-order valence-electron chi connectivity index (χ3n) is 3.80. The van der Waals surface area contributed by atoms with Crippen molar-refractivity contribution in [3.63, 3.8) is 0 Å². The Morgan fingerprint density at radius 3 is 2.27 bits per heavy atom. The number of carbonyl (C=O) groups is 3. The standard InChI is InChI=1S/C19H17F3N2O6/c20-19(21,22)13-6-4-12(5-7-13)17(27)23-14-3-1-2-11(8-14)10-30-24-15(18(28)29)9-16(25)26/h1-8,15,24H,9-10H2,(H,23,27)(H,25,26)(H,28,29)/t15-/m0/s1. The average molecular weight is 426 g/mol. The zero-order valence-corrected chi connectivity index (χ0v) is 15.3. The molecule has 0 fully saturated rings. The van der Waals surface area contributed by atoms with Crippen molar-refractivity contribution in [3.05, 3.63) is 65.2 Å². The number of nitrogens with one attached hydrogen (secondary N) is 2. The predicted molar refractivity (Wildman–Crippen MR) is 97.4 cm³/mol. The summed E-state index contributed by atoms with van der Waals surface area (Å²) in [6.45, 7) is -0.132. The second-order valence-electron chi connectivity index (χ2n) is 6.12. The summed E-state index contributed by atoms with van der Waals surface area (Å²) in [5.74, 6) is -3.33. The van der Waals surface area contributed by atoms with Crippen molar-refractivity contribution in [2.24, 2.45) is 0 Å². The van der Waals surface area contributed by atoms with Crippen LogP contribution in [0.4, 0.5) is 18.9 Å². The number of rotatable bonds is 9. The zero-order chi connectivity index (χ0) is 22.3. The summed E-state index contributed by atoms with van der Waals surface area (Å²) in [7, 11) is 0. The number of hydroxylamine groups is 1. The molecule has 0 saturated heterocycles. The van der Waals surface area contributed by atoms with E-state index in [2.05, 4.69) is 10.8 Å². The molecule has 0 radical (unpaired) electrons. The van der Waals surface area contributed by atoms with Gasteiger partial charge in [0.15, 0.2) is 0 Å². The number of carbonyl (C=O) groups excluding carboxylic acids is 1. The van der Waals surface area contributed by atoms with Crippen molar-refractivity contribution in [2.45, 2.75) is 25.2 Å². The SMILES string of the molecule is O=C(O)C[C@H](NOCc1cccc(NC(=O)c2ccc(C(F)(F)F)cc2)c1)C(=O)O. The van der Waals surface area contributed by atoms with Crippen LogP contribution in [0.3, 0.4) is 0 Å². The lowest BCUT2D eigenvalue weighted by Crippen LogP contribution is -2.38. The number of halogens is 3. The summed E-state index contributed by atoms with van der Waals surface area (Å²) in [4.78, 5) is 38.8. The number of hydrogen-bond donors (Lipinski definition) is 4. The maximum Gasteiger partial charge on any atom is 0.416 e. The lowest BCUT2D eigenvalue weighted by molar-refractivity contribution is -0.151. The van der Waals surface area contributed by atoms with Gasteiger partial charge in [-0.3, -0.25) is 19.2 Å². The smallest absolute Gasteiger partial charge is 0.416 e. The maximum atomic E-state index is 12.6. The van der Waals surface area contributed by atoms with Gasteiger partial charge in [0.25, 0.3) is 5.91 Å². The number of aliphatic carboxylic acids is 2. The molecule has 0 heterocycles. The van der Waals surface area contributed by atoms with E-state index in [0.29, 0.717) is 11.3 Å². The van der Waals surface area contributed by atoms with Gasteiger partial charge in [0.05, 0.1) is 18.6 Å². The molecular weight excluding hydrogens is 409 g/mol. The molecule has 30 heavy (non-hydrogen) atoms. The van der Waals surface area contributed by atoms with Gasteiger partial charge in [0.2, 0.25) is 0 Å². The van der Waals surface area contributed by atoms with Gasteiger partial charge < -0.3 is 15.5 Å². The second-order valence-corrected chi connectivity index (χ2v) is 6.12. The third kappa shape index (κ3) is 6.87. The minimum absolute atomic E-state index is 0.0318. The van der Waals surface area contributed by atoms with E-state index in [1.165, 1.54) is 6.07 Å². The molecule has 2 aromatic carbocycles. The number of benzene rings is 2. The molecule has 0 aromatic heterocycles. The van der Waals surface area contributed by atoms with Crippen molar-refractivity contribution in [1.29, 1.82) is 0 Å². The van der Waals surface area contributed by atoms with Crippen molar-refractivity contribution in [1.82, 2.24) is 5.48 Å². The van der Waals surface area contributed by atoms with Gasteiger partial charge in [0.1, 0.15) is 6.04 Å². The van der Waals surface area contributed by atoms with E-state index in [0.717, 1.165) is 24.3 Å². The van der Waals surface area contributed by atoms with Crippen LogP contribution >= 0.6 is 0 Å². The van der Waals surface area contributed by atoms with Crippen LogP contribution in [-0.2, 0) is 27.2 Å². The van der Waals surface area contributed by atoms with Gasteiger partial charge >= 0.3 is 18.1 Å². The van der Waals surface area contributed by atoms with E-state index in [-0.39, 0.29) is 12.2 Å². The highest BCUT2D eigenvalue weighted by Crippen LogP contribution is 2.29. The van der Waals surface area contributed by atoms with Gasteiger partial charge in [0, 0.05) is 11.3 Å². The van der Waals surface area contributed by atoms with Crippen molar-refractivity contribution >= 4 is 23.5 Å². The first kappa shape index (κ1) is 22.8. The summed E-state index contributed by atoms with van der Waals surface area (Å²) in [5.41, 5.74) is 2.16. The van der Waals surface area contributed by atoms with E-state index in [1.807, 2.05) is 0 Å². The van der Waals surface area contributed by atoms with Gasteiger partial charge in [-0.2, -0.15) is 18.7 Å². The molecule has 8 nitrogen and oxygen atoms in total. The number of anilines is 1. The van der Waals surface area contributed by atoms with E-state index in [4.69, 9.17) is 15.1 Å². The van der Waals surface area contributed by atoms with Crippen LogP contribution in [0, 0.1) is 0 Å². The third-order valence-corrected chi connectivity index (χ3v) is 3.80. The Labute approximate surface area is 168 Å². The fourth-order valence-electron chi connectivity index (χ4n) is 2.33. The first-order chi connectivity index (χ1) is 14.1. The lowest BCUT2D eigenvalue weighted by Gasteiger charge is -2.13. The fraction of sp³-hybridized carbons (Fsp3) is 0.211. The van der Waals surface area contributed by atoms with Crippen LogP contribution < -0.4 is 10.8 Å². The summed E-state index contributed by atoms with van der Waals surface area (Å²) in [6, 6.07) is 8.54.